The summed E-state index contributed by atoms with van der Waals surface area (Å²) in [7, 11) is 0. The Kier molecular flexibility index (Phi) is 4.01. The summed E-state index contributed by atoms with van der Waals surface area (Å²) < 4.78 is 43.8. The number of alkyl halides is 3. The molecular formula is C17H13F3N2O2. The average Bonchev–Trinajstić information content (AvgIpc) is 2.99. The summed E-state index contributed by atoms with van der Waals surface area (Å²) in [6.07, 6.45) is -4.93. The summed E-state index contributed by atoms with van der Waals surface area (Å²) in [6.45, 7) is 1.38. The summed E-state index contributed by atoms with van der Waals surface area (Å²) in [4.78, 5) is 16.5. The highest BCUT2D eigenvalue weighted by atomic mass is 19.4. The molecule has 24 heavy (non-hydrogen) atoms. The maximum atomic E-state index is 12.7. The van der Waals surface area contributed by atoms with E-state index in [1.165, 1.54) is 19.1 Å². The molecule has 7 heteroatoms. The molecule has 3 aromatic rings. The molecule has 0 spiro atoms. The molecule has 0 bridgehead atoms. The van der Waals surface area contributed by atoms with Gasteiger partial charge in [-0.3, -0.25) is 4.79 Å². The first-order valence-corrected chi connectivity index (χ1v) is 7.25. The summed E-state index contributed by atoms with van der Waals surface area (Å²) in [5, 5.41) is 0. The third-order valence-corrected chi connectivity index (χ3v) is 3.50. The number of rotatable bonds is 3. The van der Waals surface area contributed by atoms with Crippen molar-refractivity contribution >= 4 is 22.7 Å². The molecule has 0 aliphatic heterocycles. The van der Waals surface area contributed by atoms with Gasteiger partial charge in [-0.05, 0) is 37.3 Å². The summed E-state index contributed by atoms with van der Waals surface area (Å²) in [5.41, 5.74) is 1.87. The molecule has 0 aliphatic carbocycles. The molecule has 1 amide bonds. The van der Waals surface area contributed by atoms with E-state index in [4.69, 9.17) is 4.42 Å². The number of anilines is 1. The normalized spacial score (nSPS) is 11.7. The largest absolute Gasteiger partial charge is 0.471 e. The van der Waals surface area contributed by atoms with Crippen molar-refractivity contribution < 1.29 is 22.4 Å². The topological polar surface area (TPSA) is 46.3 Å². The summed E-state index contributed by atoms with van der Waals surface area (Å²) >= 11 is 0. The molecular weight excluding hydrogens is 321 g/mol. The van der Waals surface area contributed by atoms with Gasteiger partial charge in [0.2, 0.25) is 5.89 Å². The fourth-order valence-corrected chi connectivity index (χ4v) is 2.40. The second kappa shape index (κ2) is 5.99. The SMILES string of the molecule is CCN(C(=O)C(F)(F)F)c1cccc(-c2nc3ccccc3o2)c1. The molecule has 0 atom stereocenters. The zero-order valence-electron chi connectivity index (χ0n) is 12.7. The molecule has 1 heterocycles. The van der Waals surface area contributed by atoms with Crippen LogP contribution in [0.3, 0.4) is 0 Å². The minimum absolute atomic E-state index is 0.102. The molecule has 1 aromatic heterocycles. The van der Waals surface area contributed by atoms with Gasteiger partial charge in [-0.15, -0.1) is 0 Å². The third kappa shape index (κ3) is 2.97. The van der Waals surface area contributed by atoms with Gasteiger partial charge in [0.25, 0.3) is 0 Å². The molecule has 0 unspecified atom stereocenters. The van der Waals surface area contributed by atoms with Crippen LogP contribution in [0.2, 0.25) is 0 Å². The number of hydrogen-bond acceptors (Lipinski definition) is 3. The van der Waals surface area contributed by atoms with Gasteiger partial charge >= 0.3 is 12.1 Å². The van der Waals surface area contributed by atoms with Gasteiger partial charge in [0, 0.05) is 17.8 Å². The number of oxazole rings is 1. The Bertz CT molecular complexity index is 854. The summed E-state index contributed by atoms with van der Waals surface area (Å²) in [5.74, 6) is -1.62. The summed E-state index contributed by atoms with van der Waals surface area (Å²) in [6, 6.07) is 13.3. The maximum Gasteiger partial charge on any atom is 0.471 e. The molecule has 3 rings (SSSR count). The number of benzene rings is 2. The minimum atomic E-state index is -4.93. The molecule has 4 nitrogen and oxygen atoms in total. The Morgan fingerprint density at radius 1 is 1.17 bits per heavy atom. The Balaban J connectivity index is 2.00. The maximum absolute atomic E-state index is 12.7. The van der Waals surface area contributed by atoms with Gasteiger partial charge in [0.05, 0.1) is 0 Å². The van der Waals surface area contributed by atoms with E-state index < -0.39 is 12.1 Å². The average molecular weight is 334 g/mol. The first-order chi connectivity index (χ1) is 11.4. The second-order valence-electron chi connectivity index (χ2n) is 5.08. The molecule has 0 fully saturated rings. The van der Waals surface area contributed by atoms with E-state index in [-0.39, 0.29) is 18.1 Å². The number of nitrogens with zero attached hydrogens (tertiary/aromatic N) is 2. The number of halogens is 3. The first kappa shape index (κ1) is 16.0. The number of fused-ring (bicyclic) bond motifs is 1. The molecule has 2 aromatic carbocycles. The number of carbonyl (C=O) groups excluding carboxylic acids is 1. The Labute approximate surface area is 135 Å². The van der Waals surface area contributed by atoms with Crippen LogP contribution in [0.4, 0.5) is 18.9 Å². The van der Waals surface area contributed by atoms with Gasteiger partial charge in [0.15, 0.2) is 5.58 Å². The van der Waals surface area contributed by atoms with Crippen LogP contribution in [0.5, 0.6) is 0 Å². The van der Waals surface area contributed by atoms with Gasteiger partial charge in [-0.25, -0.2) is 4.98 Å². The van der Waals surface area contributed by atoms with Crippen molar-refractivity contribution in [2.24, 2.45) is 0 Å². The zero-order valence-corrected chi connectivity index (χ0v) is 12.7. The highest BCUT2D eigenvalue weighted by molar-refractivity contribution is 5.97. The van der Waals surface area contributed by atoms with Crippen molar-refractivity contribution in [1.29, 1.82) is 0 Å². The van der Waals surface area contributed by atoms with E-state index >= 15 is 0 Å². The molecule has 0 radical (unpaired) electrons. The zero-order chi connectivity index (χ0) is 17.3. The van der Waals surface area contributed by atoms with Crippen LogP contribution < -0.4 is 4.90 Å². The van der Waals surface area contributed by atoms with Crippen LogP contribution in [0.15, 0.2) is 52.9 Å². The quantitative estimate of drug-likeness (QED) is 0.713. The standard InChI is InChI=1S/C17H13F3N2O2/c1-2-22(16(23)17(18,19)20)12-7-5-6-11(10-12)15-21-13-8-3-4-9-14(13)24-15/h3-10H,2H2,1H3. The lowest BCUT2D eigenvalue weighted by atomic mass is 10.2. The van der Waals surface area contributed by atoms with Crippen LogP contribution in [0.1, 0.15) is 6.92 Å². The first-order valence-electron chi connectivity index (χ1n) is 7.25. The Hall–Kier alpha value is -2.83. The van der Waals surface area contributed by atoms with Gasteiger partial charge in [-0.2, -0.15) is 13.2 Å². The van der Waals surface area contributed by atoms with Crippen LogP contribution in [-0.4, -0.2) is 23.6 Å². The predicted molar refractivity (Wildman–Crippen MR) is 83.5 cm³/mol. The highest BCUT2D eigenvalue weighted by Gasteiger charge is 2.42. The Morgan fingerprint density at radius 3 is 2.58 bits per heavy atom. The number of para-hydroxylation sites is 2. The monoisotopic (exact) mass is 334 g/mol. The highest BCUT2D eigenvalue weighted by Crippen LogP contribution is 2.29. The van der Waals surface area contributed by atoms with Crippen molar-refractivity contribution in [3.8, 4) is 11.5 Å². The molecule has 0 N–H and O–H groups in total. The van der Waals surface area contributed by atoms with Crippen molar-refractivity contribution in [1.82, 2.24) is 4.98 Å². The van der Waals surface area contributed by atoms with Crippen LogP contribution >= 0.6 is 0 Å². The van der Waals surface area contributed by atoms with Gasteiger partial charge < -0.3 is 9.32 Å². The van der Waals surface area contributed by atoms with Gasteiger partial charge in [0.1, 0.15) is 5.52 Å². The van der Waals surface area contributed by atoms with E-state index in [1.807, 2.05) is 6.07 Å². The number of amides is 1. The van der Waals surface area contributed by atoms with E-state index in [9.17, 15) is 18.0 Å². The third-order valence-electron chi connectivity index (χ3n) is 3.50. The van der Waals surface area contributed by atoms with E-state index in [0.29, 0.717) is 21.6 Å². The number of hydrogen-bond donors (Lipinski definition) is 0. The van der Waals surface area contributed by atoms with Crippen molar-refractivity contribution in [2.45, 2.75) is 13.1 Å². The second-order valence-corrected chi connectivity index (χ2v) is 5.08. The molecule has 0 aliphatic rings. The van der Waals surface area contributed by atoms with Gasteiger partial charge in [-0.1, -0.05) is 18.2 Å². The van der Waals surface area contributed by atoms with Crippen LogP contribution in [0, 0.1) is 0 Å². The number of carbonyl (C=O) groups is 1. The smallest absolute Gasteiger partial charge is 0.436 e. The fraction of sp³-hybridized carbons (Fsp3) is 0.176. The minimum Gasteiger partial charge on any atom is -0.436 e. The molecule has 0 saturated heterocycles. The lowest BCUT2D eigenvalue weighted by Gasteiger charge is -2.22. The fourth-order valence-electron chi connectivity index (χ4n) is 2.40. The Morgan fingerprint density at radius 2 is 1.92 bits per heavy atom. The lowest BCUT2D eigenvalue weighted by Crippen LogP contribution is -2.41. The van der Waals surface area contributed by atoms with Crippen molar-refractivity contribution in [3.05, 3.63) is 48.5 Å². The van der Waals surface area contributed by atoms with Crippen LogP contribution in [-0.2, 0) is 4.79 Å². The van der Waals surface area contributed by atoms with E-state index in [0.717, 1.165) is 0 Å². The predicted octanol–water partition coefficient (Wildman–Crippen LogP) is 4.41. The van der Waals surface area contributed by atoms with E-state index in [1.54, 1.807) is 30.3 Å². The van der Waals surface area contributed by atoms with Crippen LogP contribution in [0.25, 0.3) is 22.6 Å². The number of aromatic nitrogens is 1. The molecule has 0 saturated carbocycles. The molecule has 124 valence electrons. The van der Waals surface area contributed by atoms with Crippen molar-refractivity contribution in [3.63, 3.8) is 0 Å². The lowest BCUT2D eigenvalue weighted by molar-refractivity contribution is -0.170. The van der Waals surface area contributed by atoms with Crippen molar-refractivity contribution in [2.75, 3.05) is 11.4 Å². The van der Waals surface area contributed by atoms with E-state index in [2.05, 4.69) is 4.98 Å².